The number of hydrogen-bond donors (Lipinski definition) is 1. The van der Waals surface area contributed by atoms with Gasteiger partial charge in [0.25, 0.3) is 0 Å². The Labute approximate surface area is 54.7 Å². The van der Waals surface area contributed by atoms with Crippen LogP contribution in [0, 0.1) is 11.3 Å². The first-order valence-electron chi connectivity index (χ1n) is 3.03. The lowest BCUT2D eigenvalue weighted by molar-refractivity contribution is -0.119. The Morgan fingerprint density at radius 1 is 2.00 bits per heavy atom. The molecule has 0 heterocycles. The lowest BCUT2D eigenvalue weighted by Crippen LogP contribution is -2.16. The van der Waals surface area contributed by atoms with E-state index in [4.69, 9.17) is 5.73 Å². The average Bonchev–Trinajstić information content (AvgIpc) is 2.44. The van der Waals surface area contributed by atoms with Crippen LogP contribution >= 0.6 is 0 Å². The zero-order valence-corrected chi connectivity index (χ0v) is 5.55. The van der Waals surface area contributed by atoms with Crippen LogP contribution < -0.4 is 5.73 Å². The zero-order chi connectivity index (χ0) is 7.07. The van der Waals surface area contributed by atoms with Gasteiger partial charge in [-0.2, -0.15) is 0 Å². The maximum absolute atomic E-state index is 10.5. The Morgan fingerprint density at radius 2 is 2.56 bits per heavy atom. The Hall–Kier alpha value is -0.790. The summed E-state index contributed by atoms with van der Waals surface area (Å²) in [6.07, 6.45) is 2.69. The van der Waals surface area contributed by atoms with E-state index >= 15 is 0 Å². The van der Waals surface area contributed by atoms with E-state index in [-0.39, 0.29) is 17.2 Å². The second-order valence-electron chi connectivity index (χ2n) is 2.87. The molecule has 0 aromatic carbocycles. The summed E-state index contributed by atoms with van der Waals surface area (Å²) in [6, 6.07) is 0. The fourth-order valence-electron chi connectivity index (χ4n) is 1.03. The third kappa shape index (κ3) is 0.846. The SMILES string of the molecule is C=CC1(C)C[C@@H]1C(N)=O. The van der Waals surface area contributed by atoms with E-state index in [0.717, 1.165) is 6.42 Å². The van der Waals surface area contributed by atoms with Crippen molar-refractivity contribution in [3.63, 3.8) is 0 Å². The molecule has 2 nitrogen and oxygen atoms in total. The minimum atomic E-state index is -0.197. The monoisotopic (exact) mass is 125 g/mol. The summed E-state index contributed by atoms with van der Waals surface area (Å²) in [5.41, 5.74) is 5.08. The van der Waals surface area contributed by atoms with Crippen LogP contribution in [0.4, 0.5) is 0 Å². The normalized spacial score (nSPS) is 39.9. The van der Waals surface area contributed by atoms with Crippen LogP contribution in [0.5, 0.6) is 0 Å². The maximum Gasteiger partial charge on any atom is 0.221 e. The smallest absolute Gasteiger partial charge is 0.221 e. The molecule has 9 heavy (non-hydrogen) atoms. The molecule has 1 aliphatic carbocycles. The van der Waals surface area contributed by atoms with Crippen LogP contribution in [0.25, 0.3) is 0 Å². The molecule has 0 bridgehead atoms. The molecule has 1 unspecified atom stereocenters. The van der Waals surface area contributed by atoms with Crippen molar-refractivity contribution >= 4 is 5.91 Å². The van der Waals surface area contributed by atoms with Gasteiger partial charge in [-0.05, 0) is 11.8 Å². The second-order valence-corrected chi connectivity index (χ2v) is 2.87. The number of amides is 1. The van der Waals surface area contributed by atoms with Crippen LogP contribution in [0.15, 0.2) is 12.7 Å². The molecule has 1 fully saturated rings. The number of primary amides is 1. The number of hydrogen-bond acceptors (Lipinski definition) is 1. The van der Waals surface area contributed by atoms with Crippen molar-refractivity contribution < 1.29 is 4.79 Å². The van der Waals surface area contributed by atoms with Gasteiger partial charge in [-0.25, -0.2) is 0 Å². The summed E-state index contributed by atoms with van der Waals surface area (Å²) in [7, 11) is 0. The van der Waals surface area contributed by atoms with Crippen LogP contribution in [-0.4, -0.2) is 5.91 Å². The molecule has 0 radical (unpaired) electrons. The highest BCUT2D eigenvalue weighted by atomic mass is 16.1. The first kappa shape index (κ1) is 6.33. The van der Waals surface area contributed by atoms with Crippen molar-refractivity contribution in [1.29, 1.82) is 0 Å². The molecular formula is C7H11NO. The van der Waals surface area contributed by atoms with E-state index < -0.39 is 0 Å². The third-order valence-corrected chi connectivity index (χ3v) is 2.09. The summed E-state index contributed by atoms with van der Waals surface area (Å²) in [5.74, 6) is -0.146. The van der Waals surface area contributed by atoms with Gasteiger partial charge in [0.15, 0.2) is 0 Å². The summed E-state index contributed by atoms with van der Waals surface area (Å²) in [4.78, 5) is 10.5. The van der Waals surface area contributed by atoms with Gasteiger partial charge in [0.05, 0.1) is 0 Å². The Kier molecular flexibility index (Phi) is 1.12. The van der Waals surface area contributed by atoms with E-state index in [0.29, 0.717) is 0 Å². The van der Waals surface area contributed by atoms with E-state index in [1.807, 2.05) is 13.0 Å². The zero-order valence-electron chi connectivity index (χ0n) is 5.55. The minimum Gasteiger partial charge on any atom is -0.369 e. The lowest BCUT2D eigenvalue weighted by atomic mass is 10.1. The van der Waals surface area contributed by atoms with Crippen LogP contribution in [0.3, 0.4) is 0 Å². The summed E-state index contributed by atoms with van der Waals surface area (Å²) in [6.45, 7) is 5.61. The minimum absolute atomic E-state index is 0.0197. The van der Waals surface area contributed by atoms with Crippen molar-refractivity contribution in [2.24, 2.45) is 17.1 Å². The van der Waals surface area contributed by atoms with Gasteiger partial charge in [0.2, 0.25) is 5.91 Å². The molecule has 1 rings (SSSR count). The molecule has 2 N–H and O–H groups in total. The van der Waals surface area contributed by atoms with Gasteiger partial charge >= 0.3 is 0 Å². The van der Waals surface area contributed by atoms with E-state index in [2.05, 4.69) is 6.58 Å². The van der Waals surface area contributed by atoms with E-state index in [9.17, 15) is 4.79 Å². The fraction of sp³-hybridized carbons (Fsp3) is 0.571. The molecule has 0 saturated heterocycles. The molecular weight excluding hydrogens is 114 g/mol. The number of allylic oxidation sites excluding steroid dienone is 1. The highest BCUT2D eigenvalue weighted by molar-refractivity contribution is 5.81. The highest BCUT2D eigenvalue weighted by Gasteiger charge is 2.51. The van der Waals surface area contributed by atoms with Crippen LogP contribution in [0.1, 0.15) is 13.3 Å². The topological polar surface area (TPSA) is 43.1 Å². The lowest BCUT2D eigenvalue weighted by Gasteiger charge is -1.98. The van der Waals surface area contributed by atoms with Crippen LogP contribution in [0.2, 0.25) is 0 Å². The van der Waals surface area contributed by atoms with Crippen molar-refractivity contribution in [2.75, 3.05) is 0 Å². The first-order valence-corrected chi connectivity index (χ1v) is 3.03. The Morgan fingerprint density at radius 3 is 2.67 bits per heavy atom. The predicted octanol–water partition coefficient (Wildman–Crippen LogP) is 0.684. The highest BCUT2D eigenvalue weighted by Crippen LogP contribution is 2.52. The maximum atomic E-state index is 10.5. The van der Waals surface area contributed by atoms with Crippen molar-refractivity contribution in [2.45, 2.75) is 13.3 Å². The third-order valence-electron chi connectivity index (χ3n) is 2.09. The van der Waals surface area contributed by atoms with Gasteiger partial charge in [-0.3, -0.25) is 4.79 Å². The Balaban J connectivity index is 2.57. The van der Waals surface area contributed by atoms with Crippen molar-refractivity contribution in [3.8, 4) is 0 Å². The number of carbonyl (C=O) groups is 1. The van der Waals surface area contributed by atoms with E-state index in [1.54, 1.807) is 0 Å². The molecule has 50 valence electrons. The number of nitrogens with two attached hydrogens (primary N) is 1. The average molecular weight is 125 g/mol. The molecule has 1 aliphatic rings. The molecule has 1 amide bonds. The predicted molar refractivity (Wildman–Crippen MR) is 35.6 cm³/mol. The van der Waals surface area contributed by atoms with Gasteiger partial charge < -0.3 is 5.73 Å². The first-order chi connectivity index (χ1) is 4.10. The van der Waals surface area contributed by atoms with E-state index in [1.165, 1.54) is 0 Å². The van der Waals surface area contributed by atoms with Gasteiger partial charge in [-0.15, -0.1) is 6.58 Å². The van der Waals surface area contributed by atoms with Crippen molar-refractivity contribution in [3.05, 3.63) is 12.7 Å². The molecule has 0 aromatic heterocycles. The molecule has 0 aliphatic heterocycles. The van der Waals surface area contributed by atoms with Gasteiger partial charge in [0, 0.05) is 5.92 Å². The van der Waals surface area contributed by atoms with Crippen molar-refractivity contribution in [1.82, 2.24) is 0 Å². The quantitative estimate of drug-likeness (QED) is 0.542. The molecule has 0 spiro atoms. The molecule has 0 aromatic rings. The molecule has 1 saturated carbocycles. The summed E-state index contributed by atoms with van der Waals surface area (Å²) < 4.78 is 0. The summed E-state index contributed by atoms with van der Waals surface area (Å²) in [5, 5.41) is 0. The Bertz CT molecular complexity index is 164. The standard InChI is InChI=1S/C7H11NO/c1-3-7(2)4-5(7)6(8)9/h3,5H,1,4H2,2H3,(H2,8,9)/t5-,7?/m1/s1. The van der Waals surface area contributed by atoms with Crippen LogP contribution in [-0.2, 0) is 4.79 Å². The van der Waals surface area contributed by atoms with Gasteiger partial charge in [0.1, 0.15) is 0 Å². The fourth-order valence-corrected chi connectivity index (χ4v) is 1.03. The number of carbonyl (C=O) groups excluding carboxylic acids is 1. The molecule has 2 heteroatoms. The second kappa shape index (κ2) is 1.59. The largest absolute Gasteiger partial charge is 0.369 e. The summed E-state index contributed by atoms with van der Waals surface area (Å²) >= 11 is 0. The molecule has 2 atom stereocenters. The van der Waals surface area contributed by atoms with Gasteiger partial charge in [-0.1, -0.05) is 13.0 Å². The number of rotatable bonds is 2.